The molecule has 1 saturated heterocycles. The summed E-state index contributed by atoms with van der Waals surface area (Å²) in [6, 6.07) is 16.2. The van der Waals surface area contributed by atoms with E-state index in [9.17, 15) is 4.79 Å². The predicted molar refractivity (Wildman–Crippen MR) is 116 cm³/mol. The van der Waals surface area contributed by atoms with Crippen molar-refractivity contribution in [3.63, 3.8) is 0 Å². The van der Waals surface area contributed by atoms with E-state index < -0.39 is 0 Å². The van der Waals surface area contributed by atoms with Crippen LogP contribution in [0.25, 0.3) is 10.6 Å². The zero-order valence-electron chi connectivity index (χ0n) is 15.7. The molecule has 3 aromatic rings. The number of ether oxygens (including phenoxy) is 2. The van der Waals surface area contributed by atoms with Crippen molar-refractivity contribution in [2.45, 2.75) is 11.7 Å². The second-order valence-electron chi connectivity index (χ2n) is 6.96. The minimum absolute atomic E-state index is 0.0235. The Morgan fingerprint density at radius 2 is 1.93 bits per heavy atom. The Morgan fingerprint density at radius 3 is 2.83 bits per heavy atom. The summed E-state index contributed by atoms with van der Waals surface area (Å²) in [4.78, 5) is 19.5. The van der Waals surface area contributed by atoms with Crippen LogP contribution in [-0.2, 0) is 0 Å². The summed E-state index contributed by atoms with van der Waals surface area (Å²) in [5.41, 5.74) is 2.82. The van der Waals surface area contributed by atoms with E-state index in [-0.39, 0.29) is 12.7 Å². The number of aromatic nitrogens is 1. The molecule has 0 saturated carbocycles. The third kappa shape index (κ3) is 3.84. The number of rotatable bonds is 3. The predicted octanol–water partition coefficient (Wildman–Crippen LogP) is 4.86. The van der Waals surface area contributed by atoms with Gasteiger partial charge in [-0.3, -0.25) is 4.79 Å². The maximum atomic E-state index is 13.0. The fourth-order valence-electron chi connectivity index (χ4n) is 3.60. The molecule has 2 aromatic carbocycles. The molecule has 2 aliphatic heterocycles. The first-order valence-electron chi connectivity index (χ1n) is 9.59. The number of fused-ring (bicyclic) bond motifs is 1. The second-order valence-corrected chi connectivity index (χ2v) is 9.13. The van der Waals surface area contributed by atoms with Crippen molar-refractivity contribution in [3.8, 4) is 22.1 Å². The molecule has 0 bridgehead atoms. The van der Waals surface area contributed by atoms with Crippen molar-refractivity contribution in [1.29, 1.82) is 0 Å². The number of hydrogen-bond donors (Lipinski definition) is 0. The first-order valence-corrected chi connectivity index (χ1v) is 11.5. The zero-order valence-corrected chi connectivity index (χ0v) is 17.4. The number of hydrogen-bond acceptors (Lipinski definition) is 6. The highest BCUT2D eigenvalue weighted by Crippen LogP contribution is 2.40. The number of benzene rings is 2. The summed E-state index contributed by atoms with van der Waals surface area (Å²) in [6.07, 6.45) is 0.908. The van der Waals surface area contributed by atoms with E-state index in [0.717, 1.165) is 47.3 Å². The van der Waals surface area contributed by atoms with Gasteiger partial charge in [0.15, 0.2) is 11.5 Å². The Hall–Kier alpha value is -2.51. The lowest BCUT2D eigenvalue weighted by atomic mass is 10.1. The summed E-state index contributed by atoms with van der Waals surface area (Å²) in [7, 11) is 0. The van der Waals surface area contributed by atoms with Crippen LogP contribution in [0, 0.1) is 0 Å². The second kappa shape index (κ2) is 8.08. The summed E-state index contributed by atoms with van der Waals surface area (Å²) >= 11 is 3.41. The lowest BCUT2D eigenvalue weighted by Gasteiger charge is -2.19. The quantitative estimate of drug-likeness (QED) is 0.601. The minimum Gasteiger partial charge on any atom is -0.454 e. The molecule has 0 aliphatic carbocycles. The van der Waals surface area contributed by atoms with Crippen LogP contribution in [-0.4, -0.2) is 41.4 Å². The van der Waals surface area contributed by atoms with E-state index >= 15 is 0 Å². The highest BCUT2D eigenvalue weighted by molar-refractivity contribution is 7.99. The molecule has 1 fully saturated rings. The van der Waals surface area contributed by atoms with Crippen molar-refractivity contribution in [1.82, 2.24) is 9.88 Å². The largest absolute Gasteiger partial charge is 0.454 e. The van der Waals surface area contributed by atoms with E-state index in [1.54, 1.807) is 0 Å². The Balaban J connectivity index is 1.27. The van der Waals surface area contributed by atoms with Crippen molar-refractivity contribution in [2.24, 2.45) is 0 Å². The molecule has 0 spiro atoms. The zero-order chi connectivity index (χ0) is 19.6. The highest BCUT2D eigenvalue weighted by Gasteiger charge is 2.25. The summed E-state index contributed by atoms with van der Waals surface area (Å²) in [6.45, 7) is 1.75. The molecule has 1 amide bonds. The molecule has 5 rings (SSSR count). The number of thiazole rings is 1. The molecule has 7 heteroatoms. The number of thioether (sulfide) groups is 1. The van der Waals surface area contributed by atoms with Crippen LogP contribution in [0.5, 0.6) is 11.5 Å². The van der Waals surface area contributed by atoms with Crippen molar-refractivity contribution in [3.05, 3.63) is 65.2 Å². The van der Waals surface area contributed by atoms with Gasteiger partial charge in [-0.2, -0.15) is 11.8 Å². The third-order valence-electron chi connectivity index (χ3n) is 5.14. The average Bonchev–Trinajstić information content (AvgIpc) is 3.38. The maximum Gasteiger partial charge on any atom is 0.273 e. The Bertz CT molecular complexity index is 1020. The van der Waals surface area contributed by atoms with Gasteiger partial charge in [-0.25, -0.2) is 4.98 Å². The van der Waals surface area contributed by atoms with Crippen molar-refractivity contribution < 1.29 is 14.3 Å². The molecule has 29 heavy (non-hydrogen) atoms. The molecular weight excluding hydrogens is 404 g/mol. The van der Waals surface area contributed by atoms with Crippen LogP contribution in [0.15, 0.2) is 53.9 Å². The number of carbonyl (C=O) groups is 1. The molecule has 1 aromatic heterocycles. The van der Waals surface area contributed by atoms with Crippen molar-refractivity contribution >= 4 is 29.0 Å². The smallest absolute Gasteiger partial charge is 0.273 e. The lowest BCUT2D eigenvalue weighted by Crippen LogP contribution is -2.33. The van der Waals surface area contributed by atoms with Gasteiger partial charge in [0.05, 0.1) is 0 Å². The normalized spacial score (nSPS) is 18.5. The molecule has 3 heterocycles. The van der Waals surface area contributed by atoms with Gasteiger partial charge < -0.3 is 14.4 Å². The van der Waals surface area contributed by atoms with Gasteiger partial charge in [-0.15, -0.1) is 11.3 Å². The van der Waals surface area contributed by atoms with Crippen LogP contribution >= 0.6 is 23.1 Å². The van der Waals surface area contributed by atoms with Gasteiger partial charge in [0.25, 0.3) is 5.91 Å². The third-order valence-corrected chi connectivity index (χ3v) is 7.36. The fourth-order valence-corrected chi connectivity index (χ4v) is 5.62. The summed E-state index contributed by atoms with van der Waals surface area (Å²) in [5.74, 6) is 2.55. The van der Waals surface area contributed by atoms with Gasteiger partial charge >= 0.3 is 0 Å². The molecule has 1 unspecified atom stereocenters. The Labute approximate surface area is 177 Å². The highest BCUT2D eigenvalue weighted by atomic mass is 32.2. The van der Waals surface area contributed by atoms with E-state index in [4.69, 9.17) is 9.47 Å². The van der Waals surface area contributed by atoms with Crippen LogP contribution in [0.1, 0.15) is 27.7 Å². The first-order chi connectivity index (χ1) is 14.3. The van der Waals surface area contributed by atoms with Crippen LogP contribution < -0.4 is 9.47 Å². The fraction of sp³-hybridized carbons (Fsp3) is 0.273. The van der Waals surface area contributed by atoms with Crippen LogP contribution in [0.3, 0.4) is 0 Å². The number of amides is 1. The molecular formula is C22H20N2O3S2. The lowest BCUT2D eigenvalue weighted by molar-refractivity contribution is 0.0761. The molecule has 148 valence electrons. The van der Waals surface area contributed by atoms with Gasteiger partial charge in [0, 0.05) is 35.0 Å². The minimum atomic E-state index is 0.0235. The Kier molecular flexibility index (Phi) is 5.16. The molecule has 0 radical (unpaired) electrons. The molecule has 2 aliphatic rings. The number of nitrogens with zero attached hydrogens (tertiary/aromatic N) is 2. The SMILES string of the molecule is O=C(c1csc(-c2ccccc2)n1)N1CCSC(c2ccc3c(c2)OCO3)CC1. The van der Waals surface area contributed by atoms with Gasteiger partial charge in [0.1, 0.15) is 10.7 Å². The Morgan fingerprint density at radius 1 is 1.07 bits per heavy atom. The summed E-state index contributed by atoms with van der Waals surface area (Å²) in [5, 5.41) is 3.10. The van der Waals surface area contributed by atoms with Gasteiger partial charge in [-0.1, -0.05) is 36.4 Å². The van der Waals surface area contributed by atoms with E-state index in [1.807, 2.05) is 58.4 Å². The molecule has 0 N–H and O–H groups in total. The first kappa shape index (κ1) is 18.5. The molecule has 1 atom stereocenters. The maximum absolute atomic E-state index is 13.0. The van der Waals surface area contributed by atoms with E-state index in [0.29, 0.717) is 10.9 Å². The van der Waals surface area contributed by atoms with Crippen LogP contribution in [0.2, 0.25) is 0 Å². The summed E-state index contributed by atoms with van der Waals surface area (Å²) < 4.78 is 10.9. The van der Waals surface area contributed by atoms with Gasteiger partial charge in [-0.05, 0) is 24.1 Å². The average molecular weight is 425 g/mol. The van der Waals surface area contributed by atoms with Crippen molar-refractivity contribution in [2.75, 3.05) is 25.6 Å². The van der Waals surface area contributed by atoms with E-state index in [1.165, 1.54) is 16.9 Å². The number of carbonyl (C=O) groups excluding carboxylic acids is 1. The van der Waals surface area contributed by atoms with E-state index in [2.05, 4.69) is 17.1 Å². The standard InChI is InChI=1S/C22H20N2O3S2/c25-22(17-13-29-21(23-17)15-4-2-1-3-5-15)24-9-8-20(28-11-10-24)16-6-7-18-19(12-16)27-14-26-18/h1-7,12-13,20H,8-11,14H2. The molecule has 5 nitrogen and oxygen atoms in total. The monoisotopic (exact) mass is 424 g/mol. The topological polar surface area (TPSA) is 51.7 Å². The van der Waals surface area contributed by atoms with Gasteiger partial charge in [0.2, 0.25) is 6.79 Å². The van der Waals surface area contributed by atoms with Crippen LogP contribution in [0.4, 0.5) is 0 Å².